The van der Waals surface area contributed by atoms with E-state index in [0.717, 1.165) is 5.69 Å². The lowest BCUT2D eigenvalue weighted by Crippen LogP contribution is -2.23. The highest BCUT2D eigenvalue weighted by atomic mass is 16.5. The first kappa shape index (κ1) is 16.8. The normalized spacial score (nSPS) is 10.9. The van der Waals surface area contributed by atoms with Crippen molar-refractivity contribution in [3.8, 4) is 5.69 Å². The fraction of sp³-hybridized carbons (Fsp3) is 0.278. The third-order valence-electron chi connectivity index (χ3n) is 4.29. The van der Waals surface area contributed by atoms with Gasteiger partial charge in [-0.15, -0.1) is 0 Å². The van der Waals surface area contributed by atoms with Crippen LogP contribution in [-0.2, 0) is 13.5 Å². The van der Waals surface area contributed by atoms with Gasteiger partial charge in [0.1, 0.15) is 17.0 Å². The lowest BCUT2D eigenvalue weighted by molar-refractivity contribution is 0.102. The Morgan fingerprint density at radius 1 is 1.24 bits per heavy atom. The van der Waals surface area contributed by atoms with Crippen molar-refractivity contribution in [2.24, 2.45) is 7.05 Å². The van der Waals surface area contributed by atoms with Gasteiger partial charge in [-0.25, -0.2) is 4.68 Å². The number of nitrogens with one attached hydrogen (secondary N) is 1. The minimum atomic E-state index is -0.387. The van der Waals surface area contributed by atoms with Gasteiger partial charge in [0.05, 0.1) is 17.1 Å². The van der Waals surface area contributed by atoms with Gasteiger partial charge in [-0.2, -0.15) is 0 Å². The number of carbonyl (C=O) groups excluding carboxylic acids is 1. The number of rotatable bonds is 4. The second kappa shape index (κ2) is 6.43. The van der Waals surface area contributed by atoms with Gasteiger partial charge >= 0.3 is 0 Å². The number of amides is 1. The molecule has 0 atom stereocenters. The summed E-state index contributed by atoms with van der Waals surface area (Å²) in [5.41, 5.74) is 2.32. The van der Waals surface area contributed by atoms with Gasteiger partial charge < -0.3 is 9.84 Å². The van der Waals surface area contributed by atoms with Gasteiger partial charge in [0.15, 0.2) is 0 Å². The highest BCUT2D eigenvalue weighted by Crippen LogP contribution is 2.18. The van der Waals surface area contributed by atoms with Gasteiger partial charge in [0.25, 0.3) is 11.5 Å². The maximum Gasteiger partial charge on any atom is 0.295 e. The molecule has 0 spiro atoms. The fourth-order valence-corrected chi connectivity index (χ4v) is 2.84. The molecule has 1 amide bonds. The van der Waals surface area contributed by atoms with E-state index in [0.29, 0.717) is 29.1 Å². The molecular weight excluding hydrogens is 320 g/mol. The van der Waals surface area contributed by atoms with Crippen LogP contribution in [0.4, 0.5) is 5.69 Å². The number of aromatic nitrogens is 3. The Morgan fingerprint density at radius 2 is 1.92 bits per heavy atom. The quantitative estimate of drug-likeness (QED) is 0.791. The van der Waals surface area contributed by atoms with Crippen molar-refractivity contribution in [1.29, 1.82) is 0 Å². The smallest absolute Gasteiger partial charge is 0.295 e. The van der Waals surface area contributed by atoms with Crippen LogP contribution in [0.2, 0.25) is 0 Å². The van der Waals surface area contributed by atoms with Crippen LogP contribution in [-0.4, -0.2) is 20.4 Å². The monoisotopic (exact) mass is 340 g/mol. The number of anilines is 1. The molecule has 2 heterocycles. The van der Waals surface area contributed by atoms with Crippen LogP contribution >= 0.6 is 0 Å². The SMILES string of the molecule is CCc1noc(C)c1C(=O)Nc1c(C)n(C)n(-c2ccccc2)c1=O. The van der Waals surface area contributed by atoms with Crippen LogP contribution in [0.3, 0.4) is 0 Å². The minimum absolute atomic E-state index is 0.249. The minimum Gasteiger partial charge on any atom is -0.361 e. The zero-order valence-electron chi connectivity index (χ0n) is 14.7. The second-order valence-electron chi connectivity index (χ2n) is 5.80. The van der Waals surface area contributed by atoms with Crippen molar-refractivity contribution in [3.05, 3.63) is 63.4 Å². The standard InChI is InChI=1S/C18H20N4O3/c1-5-14-15(12(3)25-20-14)17(23)19-16-11(2)21(4)22(18(16)24)13-9-7-6-8-10-13/h6-10H,5H2,1-4H3,(H,19,23). The predicted molar refractivity (Wildman–Crippen MR) is 94.3 cm³/mol. The van der Waals surface area contributed by atoms with Crippen molar-refractivity contribution in [3.63, 3.8) is 0 Å². The summed E-state index contributed by atoms with van der Waals surface area (Å²) in [6.07, 6.45) is 0.572. The predicted octanol–water partition coefficient (Wildman–Crippen LogP) is 2.60. The van der Waals surface area contributed by atoms with E-state index in [4.69, 9.17) is 4.52 Å². The van der Waals surface area contributed by atoms with Crippen LogP contribution in [0.25, 0.3) is 5.69 Å². The highest BCUT2D eigenvalue weighted by Gasteiger charge is 2.23. The molecule has 0 radical (unpaired) electrons. The molecule has 130 valence electrons. The van der Waals surface area contributed by atoms with E-state index in [9.17, 15) is 9.59 Å². The van der Waals surface area contributed by atoms with Crippen LogP contribution in [0, 0.1) is 13.8 Å². The van der Waals surface area contributed by atoms with Gasteiger partial charge in [0, 0.05) is 7.05 Å². The molecule has 0 bridgehead atoms. The van der Waals surface area contributed by atoms with Crippen molar-refractivity contribution >= 4 is 11.6 Å². The number of aryl methyl sites for hydroxylation is 2. The molecule has 0 saturated carbocycles. The summed E-state index contributed by atoms with van der Waals surface area (Å²) >= 11 is 0. The highest BCUT2D eigenvalue weighted by molar-refractivity contribution is 6.05. The maximum atomic E-state index is 12.8. The molecule has 7 nitrogen and oxygen atoms in total. The van der Waals surface area contributed by atoms with E-state index in [2.05, 4.69) is 10.5 Å². The summed E-state index contributed by atoms with van der Waals surface area (Å²) in [5, 5.41) is 6.62. The van der Waals surface area contributed by atoms with Gasteiger partial charge in [-0.1, -0.05) is 30.3 Å². The summed E-state index contributed by atoms with van der Waals surface area (Å²) in [6.45, 7) is 5.36. The molecule has 0 aliphatic heterocycles. The number of carbonyl (C=O) groups is 1. The molecule has 7 heteroatoms. The molecule has 2 aromatic heterocycles. The number of para-hydroxylation sites is 1. The van der Waals surface area contributed by atoms with Crippen molar-refractivity contribution in [2.45, 2.75) is 27.2 Å². The molecule has 3 rings (SSSR count). The van der Waals surface area contributed by atoms with Crippen molar-refractivity contribution in [2.75, 3.05) is 5.32 Å². The number of hydrogen-bond donors (Lipinski definition) is 1. The average molecular weight is 340 g/mol. The van der Waals surface area contributed by atoms with Crippen LogP contribution in [0.15, 0.2) is 39.6 Å². The Kier molecular flexibility index (Phi) is 4.31. The Labute approximate surface area is 144 Å². The largest absolute Gasteiger partial charge is 0.361 e. The Morgan fingerprint density at radius 3 is 2.56 bits per heavy atom. The van der Waals surface area contributed by atoms with E-state index in [1.807, 2.05) is 37.3 Å². The average Bonchev–Trinajstić information content (AvgIpc) is 3.08. The zero-order valence-corrected chi connectivity index (χ0v) is 14.7. The maximum absolute atomic E-state index is 12.8. The summed E-state index contributed by atoms with van der Waals surface area (Å²) in [6, 6.07) is 9.28. The van der Waals surface area contributed by atoms with Crippen LogP contribution in [0.5, 0.6) is 0 Å². The topological polar surface area (TPSA) is 82.1 Å². The lowest BCUT2D eigenvalue weighted by Gasteiger charge is -2.07. The third-order valence-corrected chi connectivity index (χ3v) is 4.29. The van der Waals surface area contributed by atoms with Crippen molar-refractivity contribution < 1.29 is 9.32 Å². The van der Waals surface area contributed by atoms with Gasteiger partial charge in [0.2, 0.25) is 0 Å². The Balaban J connectivity index is 2.03. The number of nitrogens with zero attached hydrogens (tertiary/aromatic N) is 3. The first-order valence-electron chi connectivity index (χ1n) is 8.06. The number of hydrogen-bond acceptors (Lipinski definition) is 4. The summed E-state index contributed by atoms with van der Waals surface area (Å²) in [4.78, 5) is 25.5. The zero-order chi connectivity index (χ0) is 18.1. The van der Waals surface area contributed by atoms with E-state index in [-0.39, 0.29) is 17.2 Å². The molecule has 0 aliphatic rings. The van der Waals surface area contributed by atoms with E-state index in [1.165, 1.54) is 4.68 Å². The molecule has 1 N–H and O–H groups in total. The molecule has 0 aliphatic carbocycles. The Hall–Kier alpha value is -3.09. The summed E-state index contributed by atoms with van der Waals surface area (Å²) in [5.74, 6) is 0.0490. The molecule has 0 fully saturated rings. The fourth-order valence-electron chi connectivity index (χ4n) is 2.84. The summed E-state index contributed by atoms with van der Waals surface area (Å²) < 4.78 is 8.34. The van der Waals surface area contributed by atoms with E-state index < -0.39 is 0 Å². The molecule has 25 heavy (non-hydrogen) atoms. The lowest BCUT2D eigenvalue weighted by atomic mass is 10.1. The molecular formula is C18H20N4O3. The van der Waals surface area contributed by atoms with Gasteiger partial charge in [-0.3, -0.25) is 14.3 Å². The third kappa shape index (κ3) is 2.77. The van der Waals surface area contributed by atoms with E-state index in [1.54, 1.807) is 25.6 Å². The first-order valence-corrected chi connectivity index (χ1v) is 8.06. The molecule has 0 saturated heterocycles. The molecule has 3 aromatic rings. The van der Waals surface area contributed by atoms with Crippen molar-refractivity contribution in [1.82, 2.24) is 14.5 Å². The number of benzene rings is 1. The molecule has 1 aromatic carbocycles. The van der Waals surface area contributed by atoms with Gasteiger partial charge in [-0.05, 0) is 32.4 Å². The Bertz CT molecular complexity index is 980. The van der Waals surface area contributed by atoms with Crippen LogP contribution in [0.1, 0.15) is 34.4 Å². The summed E-state index contributed by atoms with van der Waals surface area (Å²) in [7, 11) is 1.78. The second-order valence-corrected chi connectivity index (χ2v) is 5.80. The van der Waals surface area contributed by atoms with Crippen LogP contribution < -0.4 is 10.9 Å². The first-order chi connectivity index (χ1) is 12.0. The van der Waals surface area contributed by atoms with E-state index >= 15 is 0 Å². The molecule has 0 unspecified atom stereocenters.